The second kappa shape index (κ2) is 19.2. The highest BCUT2D eigenvalue weighted by Gasteiger charge is 2.20. The van der Waals surface area contributed by atoms with Gasteiger partial charge >= 0.3 is 24.0 Å². The van der Waals surface area contributed by atoms with Crippen LogP contribution < -0.4 is 20.9 Å². The largest absolute Gasteiger partial charge is 0.465 e. The van der Waals surface area contributed by atoms with Crippen LogP contribution in [-0.4, -0.2) is 90.0 Å². The number of anilines is 2. The minimum absolute atomic E-state index is 0.115. The number of methoxy groups -OCH3 is 2. The maximum atomic E-state index is 12.1. The smallest absolute Gasteiger partial charge is 0.338 e. The lowest BCUT2D eigenvalue weighted by molar-refractivity contribution is 0.0555. The number of esters is 2. The fraction of sp³-hybridized carbons (Fsp3) is 0.350. The Hall–Kier alpha value is -6.98. The van der Waals surface area contributed by atoms with Gasteiger partial charge in [0.15, 0.2) is 45.5 Å². The van der Waals surface area contributed by atoms with Crippen molar-refractivity contribution in [1.82, 2.24) is 39.0 Å². The molecule has 2 aromatic carbocycles. The van der Waals surface area contributed by atoms with Gasteiger partial charge in [-0.2, -0.15) is 19.9 Å². The van der Waals surface area contributed by atoms with Gasteiger partial charge in [-0.1, -0.05) is 44.9 Å². The van der Waals surface area contributed by atoms with E-state index in [1.54, 1.807) is 41.5 Å². The predicted molar refractivity (Wildman–Crippen MR) is 214 cm³/mol. The molecule has 4 heterocycles. The van der Waals surface area contributed by atoms with Crippen LogP contribution in [0, 0.1) is 0 Å². The van der Waals surface area contributed by atoms with Crippen molar-refractivity contribution in [3.63, 3.8) is 0 Å². The van der Waals surface area contributed by atoms with Crippen molar-refractivity contribution in [1.29, 1.82) is 0 Å². The zero-order chi connectivity index (χ0) is 41.9. The Labute approximate surface area is 333 Å². The van der Waals surface area contributed by atoms with Gasteiger partial charge in [-0.05, 0) is 56.0 Å². The number of ether oxygens (including phenoxy) is 4. The van der Waals surface area contributed by atoms with Crippen molar-refractivity contribution in [2.75, 3.05) is 38.9 Å². The number of nitrogen functional groups attached to an aromatic ring is 2. The summed E-state index contributed by atoms with van der Waals surface area (Å²) in [5, 5.41) is 0. The van der Waals surface area contributed by atoms with E-state index in [2.05, 4.69) is 43.8 Å². The number of rotatable bonds is 16. The maximum absolute atomic E-state index is 12.1. The summed E-state index contributed by atoms with van der Waals surface area (Å²) in [4.78, 5) is 73.5. The lowest BCUT2D eigenvalue weighted by atomic mass is 9.98. The van der Waals surface area contributed by atoms with E-state index in [1.165, 1.54) is 34.1 Å². The van der Waals surface area contributed by atoms with E-state index in [0.717, 1.165) is 36.8 Å². The van der Waals surface area contributed by atoms with Crippen LogP contribution in [-0.2, 0) is 22.6 Å². The summed E-state index contributed by atoms with van der Waals surface area (Å²) in [7, 11) is 2.50. The van der Waals surface area contributed by atoms with E-state index >= 15 is 0 Å². The summed E-state index contributed by atoms with van der Waals surface area (Å²) in [6, 6.07) is 10.4. The first-order valence-corrected chi connectivity index (χ1v) is 18.6. The predicted octanol–water partition coefficient (Wildman–Crippen LogP) is 5.25. The number of nitrogens with two attached hydrogens (primary N) is 2. The second-order valence-corrected chi connectivity index (χ2v) is 13.1. The standard InChI is InChI=1S/C20H23N5O5.C20H23N5O3/c1-4-5-8-30-20-23-16(21)15-17(24-20)25(11-22-15)10-12-6-7-13(18(26)28-2)14(9-12)19(27)29-3;1-4-5-8-28-20-23-18(21)17-19(24-20)25(11-22-17)10-14-6-7-15(12(2)26)16(9-14)13(3)27/h6-7,9,11H,4-5,8,10H2,1-3H3,(H2,21,23,24);6-7,9,11H,4-5,8,10H2,1-3H3,(H2,21,23,24). The van der Waals surface area contributed by atoms with E-state index in [-0.39, 0.29) is 46.4 Å². The Morgan fingerprint density at radius 1 is 0.603 bits per heavy atom. The molecular formula is C40H46N10O8. The molecule has 0 unspecified atom stereocenters. The SMILES string of the molecule is CCCCOc1nc(N)c2ncn(Cc3ccc(C(=O)OC)c(C(=O)OC)c3)c2n1.CCCCOc1nc(N)c2ncn(Cc3ccc(C(C)=O)c(C(C)=O)c3)c2n1. The van der Waals surface area contributed by atoms with Gasteiger partial charge in [0.25, 0.3) is 0 Å². The van der Waals surface area contributed by atoms with Gasteiger partial charge in [0.1, 0.15) is 0 Å². The molecule has 0 amide bonds. The van der Waals surface area contributed by atoms with E-state index in [4.69, 9.17) is 30.4 Å². The normalized spacial score (nSPS) is 10.9. The molecule has 0 atom stereocenters. The minimum Gasteiger partial charge on any atom is -0.465 e. The molecule has 0 spiro atoms. The molecular weight excluding hydrogens is 749 g/mol. The number of aromatic nitrogens is 8. The van der Waals surface area contributed by atoms with Crippen LogP contribution in [0.25, 0.3) is 22.3 Å². The molecule has 0 aliphatic rings. The molecule has 0 saturated carbocycles. The van der Waals surface area contributed by atoms with Gasteiger partial charge in [0, 0.05) is 11.1 Å². The van der Waals surface area contributed by atoms with Crippen molar-refractivity contribution >= 4 is 57.5 Å². The quantitative estimate of drug-likeness (QED) is 0.0722. The first kappa shape index (κ1) is 42.2. The average molecular weight is 795 g/mol. The molecule has 18 heteroatoms. The molecule has 0 aliphatic carbocycles. The highest BCUT2D eigenvalue weighted by Crippen LogP contribution is 2.24. The Morgan fingerprint density at radius 2 is 1.03 bits per heavy atom. The first-order valence-electron chi connectivity index (χ1n) is 18.6. The van der Waals surface area contributed by atoms with Crippen LogP contribution in [0.3, 0.4) is 0 Å². The van der Waals surface area contributed by atoms with Crippen LogP contribution in [0.4, 0.5) is 11.6 Å². The molecule has 4 aromatic heterocycles. The van der Waals surface area contributed by atoms with Crippen molar-refractivity contribution in [2.45, 2.75) is 66.5 Å². The molecule has 0 radical (unpaired) electrons. The number of nitrogens with zero attached hydrogens (tertiary/aromatic N) is 8. The summed E-state index contributed by atoms with van der Waals surface area (Å²) in [6.45, 7) is 8.79. The topological polar surface area (TPSA) is 244 Å². The zero-order valence-electron chi connectivity index (χ0n) is 33.3. The molecule has 0 aliphatic heterocycles. The number of hydrogen-bond acceptors (Lipinski definition) is 16. The van der Waals surface area contributed by atoms with Crippen LogP contribution in [0.1, 0.15) is 106 Å². The van der Waals surface area contributed by atoms with Gasteiger partial charge in [-0.25, -0.2) is 19.6 Å². The lowest BCUT2D eigenvalue weighted by Gasteiger charge is -2.10. The van der Waals surface area contributed by atoms with E-state index in [1.807, 2.05) is 10.6 Å². The average Bonchev–Trinajstić information content (AvgIpc) is 3.81. The Kier molecular flexibility index (Phi) is 14.0. The molecule has 0 saturated heterocycles. The fourth-order valence-electron chi connectivity index (χ4n) is 5.80. The van der Waals surface area contributed by atoms with Crippen molar-refractivity contribution in [3.8, 4) is 12.0 Å². The monoisotopic (exact) mass is 794 g/mol. The summed E-state index contributed by atoms with van der Waals surface area (Å²) >= 11 is 0. The Morgan fingerprint density at radius 3 is 1.47 bits per heavy atom. The van der Waals surface area contributed by atoms with Crippen molar-refractivity contribution in [3.05, 3.63) is 82.4 Å². The van der Waals surface area contributed by atoms with E-state index in [9.17, 15) is 19.2 Å². The van der Waals surface area contributed by atoms with Gasteiger partial charge < -0.3 is 39.5 Å². The fourth-order valence-corrected chi connectivity index (χ4v) is 5.80. The van der Waals surface area contributed by atoms with Gasteiger partial charge in [-0.15, -0.1) is 0 Å². The van der Waals surface area contributed by atoms with E-state index in [0.29, 0.717) is 59.8 Å². The third-order valence-electron chi connectivity index (χ3n) is 8.84. The number of Topliss-reactive ketones (excluding diaryl/α,β-unsaturated/α-hetero) is 2. The van der Waals surface area contributed by atoms with Crippen LogP contribution in [0.5, 0.6) is 12.0 Å². The number of carbonyl (C=O) groups excluding carboxylic acids is 4. The number of carbonyl (C=O) groups is 4. The van der Waals surface area contributed by atoms with Gasteiger partial charge in [-0.3, -0.25) is 9.59 Å². The molecule has 4 N–H and O–H groups in total. The number of imidazole rings is 2. The van der Waals surface area contributed by atoms with E-state index < -0.39 is 11.9 Å². The zero-order valence-corrected chi connectivity index (χ0v) is 33.3. The second-order valence-electron chi connectivity index (χ2n) is 13.1. The maximum Gasteiger partial charge on any atom is 0.338 e. The lowest BCUT2D eigenvalue weighted by Crippen LogP contribution is -2.13. The minimum atomic E-state index is -0.633. The molecule has 6 rings (SSSR count). The number of ketones is 2. The number of unbranched alkanes of at least 4 members (excludes halogenated alkanes) is 2. The molecule has 6 aromatic rings. The Bertz CT molecular complexity index is 2460. The molecule has 0 fully saturated rings. The van der Waals surface area contributed by atoms with Crippen molar-refractivity contribution in [2.24, 2.45) is 0 Å². The molecule has 58 heavy (non-hydrogen) atoms. The summed E-state index contributed by atoms with van der Waals surface area (Å²) in [6.07, 6.45) is 6.97. The summed E-state index contributed by atoms with van der Waals surface area (Å²) < 4.78 is 24.2. The van der Waals surface area contributed by atoms with Crippen LogP contribution in [0.2, 0.25) is 0 Å². The summed E-state index contributed by atoms with van der Waals surface area (Å²) in [5.41, 5.74) is 16.7. The van der Waals surface area contributed by atoms with Crippen molar-refractivity contribution < 1.29 is 38.1 Å². The highest BCUT2D eigenvalue weighted by atomic mass is 16.5. The number of fused-ring (bicyclic) bond motifs is 2. The highest BCUT2D eigenvalue weighted by molar-refractivity contribution is 6.07. The first-order chi connectivity index (χ1) is 27.9. The third-order valence-corrected chi connectivity index (χ3v) is 8.84. The van der Waals surface area contributed by atoms with Crippen LogP contribution >= 0.6 is 0 Å². The molecule has 304 valence electrons. The number of hydrogen-bond donors (Lipinski definition) is 2. The Balaban J connectivity index is 0.000000221. The number of benzene rings is 2. The van der Waals surface area contributed by atoms with Crippen LogP contribution in [0.15, 0.2) is 49.1 Å². The summed E-state index contributed by atoms with van der Waals surface area (Å²) in [5.74, 6) is -1.07. The molecule has 18 nitrogen and oxygen atoms in total. The van der Waals surface area contributed by atoms with Gasteiger partial charge in [0.05, 0.1) is 64.3 Å². The molecule has 0 bridgehead atoms. The van der Waals surface area contributed by atoms with Gasteiger partial charge in [0.2, 0.25) is 0 Å². The third kappa shape index (κ3) is 9.87.